The molecule has 294 valence electrons. The number of aliphatic carboxylic acids is 2. The first kappa shape index (κ1) is 44.1. The summed E-state index contributed by atoms with van der Waals surface area (Å²) < 4.78 is 24.1. The number of likely N-dealkylation sites (N-methyl/N-ethyl adjacent to an activating group) is 2. The van der Waals surface area contributed by atoms with Gasteiger partial charge in [0.2, 0.25) is 17.7 Å². The van der Waals surface area contributed by atoms with Crippen molar-refractivity contribution < 1.29 is 78.7 Å². The molecule has 3 rings (SSSR count). The van der Waals surface area contributed by atoms with Crippen molar-refractivity contribution in [2.24, 2.45) is 5.73 Å². The average molecular weight is 740 g/mol. The zero-order chi connectivity index (χ0) is 39.0. The predicted octanol–water partition coefficient (Wildman–Crippen LogP) is -5.22. The molecule has 2 heterocycles. The molecular formula is C30H53N5O16. The highest BCUT2D eigenvalue weighted by Crippen LogP contribution is 2.32. The van der Waals surface area contributed by atoms with Gasteiger partial charge in [0.1, 0.15) is 30.0 Å². The SMILES string of the molecule is CN[C@@H]1[C@@H](O)[C@@H](O[C@@H]2[C@@H](O)[C@H](O[C@H]3O[C@H](CN(C)C(C)=O)CC[C@H]3NC(C)=O)[C@@H](NC(C)=O)C[C@H]2N)OC[C@]1(C)O.O=C(O)C(O)C(O)C(=O)O. The van der Waals surface area contributed by atoms with Crippen LogP contribution in [0.1, 0.15) is 47.0 Å². The van der Waals surface area contributed by atoms with Gasteiger partial charge in [-0.3, -0.25) is 14.4 Å². The molecule has 21 heteroatoms. The second-order valence-corrected chi connectivity index (χ2v) is 13.2. The van der Waals surface area contributed by atoms with Gasteiger partial charge in [-0.05, 0) is 33.2 Å². The molecule has 2 saturated heterocycles. The van der Waals surface area contributed by atoms with Gasteiger partial charge >= 0.3 is 11.9 Å². The standard InChI is InChI=1S/C26H47N5O10.C4H6O6/c1-12(32)29-17-8-7-15(10-31(6)14(3)34)39-24(17)41-22-18(30-13(2)33)9-16(27)21(19(22)35)40-25-20(36)23(28-5)26(4,37)11-38-25;5-1(3(7)8)2(6)4(9)10/h15-25,28,35-37H,7-11,27H2,1-6H3,(H,29,32)(H,30,33);1-2,5-6H,(H,7,8)(H,9,10)/t15-,16+,17+,18-,19+,20+,21-,22+,23+,24+,25+,26-;/m0./s1. The second-order valence-electron chi connectivity index (χ2n) is 13.2. The zero-order valence-corrected chi connectivity index (χ0v) is 29.4. The summed E-state index contributed by atoms with van der Waals surface area (Å²) in [5, 5.41) is 73.9. The Bertz CT molecular complexity index is 1190. The van der Waals surface area contributed by atoms with Crippen molar-refractivity contribution >= 4 is 29.7 Å². The van der Waals surface area contributed by atoms with E-state index < -0.39 is 97.0 Å². The Kier molecular flexibility index (Phi) is 16.5. The summed E-state index contributed by atoms with van der Waals surface area (Å²) in [5.41, 5.74) is 5.03. The van der Waals surface area contributed by atoms with E-state index in [-0.39, 0.29) is 30.7 Å². The van der Waals surface area contributed by atoms with E-state index in [2.05, 4.69) is 16.0 Å². The zero-order valence-electron chi connectivity index (χ0n) is 29.4. The number of carboxylic acids is 2. The number of carbonyl (C=O) groups excluding carboxylic acids is 3. The van der Waals surface area contributed by atoms with Gasteiger partial charge in [-0.25, -0.2) is 9.59 Å². The molecule has 0 radical (unpaired) electrons. The maximum absolute atomic E-state index is 12.1. The topological polar surface area (TPSA) is 329 Å². The number of rotatable bonds is 12. The van der Waals surface area contributed by atoms with E-state index in [0.717, 1.165) is 0 Å². The predicted molar refractivity (Wildman–Crippen MR) is 171 cm³/mol. The van der Waals surface area contributed by atoms with E-state index >= 15 is 0 Å². The fraction of sp³-hybridized carbons (Fsp3) is 0.833. The Balaban J connectivity index is 0.000000783. The molecule has 21 nitrogen and oxygen atoms in total. The van der Waals surface area contributed by atoms with Crippen LogP contribution in [-0.4, -0.2) is 183 Å². The molecule has 1 saturated carbocycles. The minimum absolute atomic E-state index is 0.133. The number of aliphatic hydroxyl groups is 5. The van der Waals surface area contributed by atoms with Crippen LogP contribution >= 0.6 is 0 Å². The van der Waals surface area contributed by atoms with Crippen molar-refractivity contribution in [3.63, 3.8) is 0 Å². The number of aliphatic hydroxyl groups excluding tert-OH is 4. The van der Waals surface area contributed by atoms with Crippen molar-refractivity contribution in [3.05, 3.63) is 0 Å². The van der Waals surface area contributed by atoms with Crippen molar-refractivity contribution in [1.29, 1.82) is 0 Å². The van der Waals surface area contributed by atoms with E-state index in [9.17, 15) is 39.3 Å². The number of nitrogens with zero attached hydrogens (tertiary/aromatic N) is 1. The van der Waals surface area contributed by atoms with Crippen LogP contribution in [0, 0.1) is 0 Å². The lowest BCUT2D eigenvalue weighted by atomic mass is 9.83. The summed E-state index contributed by atoms with van der Waals surface area (Å²) in [7, 11) is 3.24. The summed E-state index contributed by atoms with van der Waals surface area (Å²) >= 11 is 0. The van der Waals surface area contributed by atoms with Crippen LogP contribution in [0.15, 0.2) is 0 Å². The minimum atomic E-state index is -2.27. The van der Waals surface area contributed by atoms with Crippen LogP contribution in [0.4, 0.5) is 0 Å². The van der Waals surface area contributed by atoms with Gasteiger partial charge in [0.05, 0.1) is 30.8 Å². The Morgan fingerprint density at radius 2 is 1.43 bits per heavy atom. The van der Waals surface area contributed by atoms with E-state index in [4.69, 9.17) is 45.1 Å². The minimum Gasteiger partial charge on any atom is -0.479 e. The van der Waals surface area contributed by atoms with Gasteiger partial charge in [-0.2, -0.15) is 0 Å². The summed E-state index contributed by atoms with van der Waals surface area (Å²) in [4.78, 5) is 56.8. The first-order chi connectivity index (χ1) is 23.6. The molecule has 2 unspecified atom stereocenters. The van der Waals surface area contributed by atoms with Gasteiger partial charge in [-0.1, -0.05) is 0 Å². The number of ether oxygens (including phenoxy) is 4. The second kappa shape index (κ2) is 19.1. The van der Waals surface area contributed by atoms with E-state index in [0.29, 0.717) is 19.4 Å². The molecule has 1 aliphatic carbocycles. The van der Waals surface area contributed by atoms with E-state index in [1.165, 1.54) is 32.6 Å². The summed E-state index contributed by atoms with van der Waals surface area (Å²) in [5.74, 6) is -4.33. The molecule has 0 aromatic rings. The normalized spacial score (nSPS) is 36.4. The van der Waals surface area contributed by atoms with E-state index in [1.807, 2.05) is 0 Å². The molecule has 0 aromatic carbocycles. The maximum atomic E-state index is 12.1. The van der Waals surface area contributed by atoms with Gasteiger partial charge in [0.15, 0.2) is 24.8 Å². The molecule has 2 aliphatic heterocycles. The third kappa shape index (κ3) is 12.2. The summed E-state index contributed by atoms with van der Waals surface area (Å²) in [6.45, 7) is 5.83. The van der Waals surface area contributed by atoms with Gasteiger partial charge in [0.25, 0.3) is 0 Å². The molecule has 3 fully saturated rings. The smallest absolute Gasteiger partial charge is 0.335 e. The fourth-order valence-corrected chi connectivity index (χ4v) is 6.09. The van der Waals surface area contributed by atoms with E-state index in [1.54, 1.807) is 14.1 Å². The molecule has 12 N–H and O–H groups in total. The third-order valence-corrected chi connectivity index (χ3v) is 8.79. The number of carbonyl (C=O) groups is 5. The average Bonchev–Trinajstić information content (AvgIpc) is 3.02. The molecule has 0 spiro atoms. The third-order valence-electron chi connectivity index (χ3n) is 8.79. The number of hydrogen-bond acceptors (Lipinski definition) is 16. The quantitative estimate of drug-likeness (QED) is 0.0891. The van der Waals surface area contributed by atoms with Gasteiger partial charge in [-0.15, -0.1) is 0 Å². The lowest BCUT2D eigenvalue weighted by Crippen LogP contribution is -2.69. The lowest BCUT2D eigenvalue weighted by molar-refractivity contribution is -0.308. The van der Waals surface area contributed by atoms with Crippen LogP contribution in [0.3, 0.4) is 0 Å². The first-order valence-corrected chi connectivity index (χ1v) is 16.3. The first-order valence-electron chi connectivity index (χ1n) is 16.3. The monoisotopic (exact) mass is 739 g/mol. The Morgan fingerprint density at radius 3 is 1.92 bits per heavy atom. The van der Waals surface area contributed by atoms with Gasteiger partial charge < -0.3 is 81.3 Å². The number of carboxylic acid groups (broad SMARTS) is 2. The Morgan fingerprint density at radius 1 is 0.902 bits per heavy atom. The number of nitrogens with one attached hydrogen (secondary N) is 3. The summed E-state index contributed by atoms with van der Waals surface area (Å²) in [6.07, 6.45) is -10.9. The Labute approximate surface area is 294 Å². The lowest BCUT2D eigenvalue weighted by Gasteiger charge is -2.49. The Hall–Kier alpha value is -3.09. The molecule has 3 aliphatic rings. The summed E-state index contributed by atoms with van der Waals surface area (Å²) in [6, 6.07) is -2.87. The van der Waals surface area contributed by atoms with Crippen molar-refractivity contribution in [3.8, 4) is 0 Å². The van der Waals surface area contributed by atoms with Crippen molar-refractivity contribution in [2.45, 2.75) is 132 Å². The highest BCUT2D eigenvalue weighted by Gasteiger charge is 2.52. The number of nitrogens with two attached hydrogens (primary N) is 1. The molecule has 0 aromatic heterocycles. The van der Waals surface area contributed by atoms with Crippen LogP contribution in [0.25, 0.3) is 0 Å². The molecule has 14 atom stereocenters. The van der Waals surface area contributed by atoms with Gasteiger partial charge in [0, 0.05) is 40.4 Å². The van der Waals surface area contributed by atoms with Crippen LogP contribution in [0.2, 0.25) is 0 Å². The molecule has 51 heavy (non-hydrogen) atoms. The maximum Gasteiger partial charge on any atom is 0.335 e. The highest BCUT2D eigenvalue weighted by molar-refractivity contribution is 5.83. The van der Waals surface area contributed by atoms with Crippen molar-refractivity contribution in [1.82, 2.24) is 20.9 Å². The highest BCUT2D eigenvalue weighted by atomic mass is 16.7. The van der Waals surface area contributed by atoms with Crippen LogP contribution < -0.4 is 21.7 Å². The largest absolute Gasteiger partial charge is 0.479 e. The molecular weight excluding hydrogens is 686 g/mol. The van der Waals surface area contributed by atoms with Crippen LogP contribution in [0.5, 0.6) is 0 Å². The number of amides is 3. The van der Waals surface area contributed by atoms with Crippen LogP contribution in [-0.2, 0) is 42.9 Å². The number of hydrogen-bond donors (Lipinski definition) is 11. The molecule has 3 amide bonds. The molecule has 0 bridgehead atoms. The van der Waals surface area contributed by atoms with Crippen molar-refractivity contribution in [2.75, 3.05) is 27.2 Å². The fourth-order valence-electron chi connectivity index (χ4n) is 6.09.